The lowest BCUT2D eigenvalue weighted by molar-refractivity contribution is 0.103. The average Bonchev–Trinajstić information content (AvgIpc) is 3.59. The molecule has 2 aromatic heterocycles. The monoisotopic (exact) mass is 428 g/mol. The summed E-state index contributed by atoms with van der Waals surface area (Å²) in [6, 6.07) is 16.0. The van der Waals surface area contributed by atoms with Gasteiger partial charge in [-0.1, -0.05) is 43.2 Å². The molecule has 1 fully saturated rings. The summed E-state index contributed by atoms with van der Waals surface area (Å²) in [5.74, 6) is 2.07. The van der Waals surface area contributed by atoms with Crippen molar-refractivity contribution in [2.24, 2.45) is 5.92 Å². The molecule has 7 heteroatoms. The summed E-state index contributed by atoms with van der Waals surface area (Å²) in [6.45, 7) is 0.864. The van der Waals surface area contributed by atoms with Crippen molar-refractivity contribution in [1.82, 2.24) is 19.5 Å². The molecule has 0 amide bonds. The summed E-state index contributed by atoms with van der Waals surface area (Å²) in [5, 5.41) is 11.1. The standard InChI is InChI=1S/C25H24N4O3/c30-23(17-8-4-5-9-17)24-27-21(18-10-11-19-20(12-18)32-15-31-19)22-25(28-24)29(14-26-22)13-16-6-2-1-3-7-16/h1-3,6-7,10-12,14,17,23,30H,4-5,8-9,13,15H2. The summed E-state index contributed by atoms with van der Waals surface area (Å²) in [6.07, 6.45) is 5.41. The zero-order valence-corrected chi connectivity index (χ0v) is 17.6. The van der Waals surface area contributed by atoms with Gasteiger partial charge in [0.25, 0.3) is 0 Å². The average molecular weight is 428 g/mol. The van der Waals surface area contributed by atoms with Crippen LogP contribution in [0.4, 0.5) is 0 Å². The highest BCUT2D eigenvalue weighted by molar-refractivity contribution is 5.88. The van der Waals surface area contributed by atoms with Crippen LogP contribution in [-0.2, 0) is 6.54 Å². The SMILES string of the molecule is OC(c1nc(-c2ccc3c(c2)OCO3)c2ncn(Cc3ccccc3)c2n1)C1CCCC1. The van der Waals surface area contributed by atoms with Crippen LogP contribution in [0.1, 0.15) is 43.2 Å². The molecule has 1 N–H and O–H groups in total. The van der Waals surface area contributed by atoms with Gasteiger partial charge in [-0.2, -0.15) is 0 Å². The van der Waals surface area contributed by atoms with Crippen molar-refractivity contribution >= 4 is 11.2 Å². The predicted octanol–water partition coefficient (Wildman–Crippen LogP) is 4.49. The van der Waals surface area contributed by atoms with Crippen LogP contribution in [-0.4, -0.2) is 31.4 Å². The fourth-order valence-corrected chi connectivity index (χ4v) is 4.72. The van der Waals surface area contributed by atoms with Gasteiger partial charge in [0.2, 0.25) is 6.79 Å². The molecule has 1 atom stereocenters. The van der Waals surface area contributed by atoms with Gasteiger partial charge in [0.15, 0.2) is 23.0 Å². The minimum atomic E-state index is -0.685. The number of aliphatic hydroxyl groups is 1. The van der Waals surface area contributed by atoms with E-state index in [0.29, 0.717) is 29.3 Å². The molecule has 0 spiro atoms. The lowest BCUT2D eigenvalue weighted by atomic mass is 10.00. The Bertz CT molecular complexity index is 1270. The van der Waals surface area contributed by atoms with Crippen molar-refractivity contribution in [3.05, 3.63) is 66.2 Å². The second kappa shape index (κ2) is 7.91. The van der Waals surface area contributed by atoms with Crippen LogP contribution in [0.2, 0.25) is 0 Å². The number of hydrogen-bond acceptors (Lipinski definition) is 6. The van der Waals surface area contributed by atoms with Crippen molar-refractivity contribution in [3.8, 4) is 22.8 Å². The molecule has 0 saturated heterocycles. The van der Waals surface area contributed by atoms with Crippen molar-refractivity contribution < 1.29 is 14.6 Å². The van der Waals surface area contributed by atoms with Crippen molar-refractivity contribution in [2.75, 3.05) is 6.79 Å². The van der Waals surface area contributed by atoms with Gasteiger partial charge in [0, 0.05) is 5.56 Å². The molecule has 0 radical (unpaired) electrons. The highest BCUT2D eigenvalue weighted by Gasteiger charge is 2.28. The molecule has 3 heterocycles. The van der Waals surface area contributed by atoms with E-state index in [1.807, 2.05) is 41.0 Å². The largest absolute Gasteiger partial charge is 0.454 e. The van der Waals surface area contributed by atoms with E-state index in [9.17, 15) is 5.11 Å². The van der Waals surface area contributed by atoms with Gasteiger partial charge in [-0.15, -0.1) is 0 Å². The number of imidazole rings is 1. The van der Waals surface area contributed by atoms with E-state index in [4.69, 9.17) is 19.4 Å². The molecule has 4 aromatic rings. The van der Waals surface area contributed by atoms with Crippen LogP contribution >= 0.6 is 0 Å². The molecular formula is C25H24N4O3. The van der Waals surface area contributed by atoms with Gasteiger partial charge in [-0.25, -0.2) is 15.0 Å². The van der Waals surface area contributed by atoms with Crippen LogP contribution in [0.25, 0.3) is 22.4 Å². The number of aromatic nitrogens is 4. The van der Waals surface area contributed by atoms with E-state index < -0.39 is 6.10 Å². The number of fused-ring (bicyclic) bond motifs is 2. The molecule has 7 nitrogen and oxygen atoms in total. The first kappa shape index (κ1) is 19.3. The van der Waals surface area contributed by atoms with Crippen LogP contribution in [0, 0.1) is 5.92 Å². The Morgan fingerprint density at radius 1 is 1.00 bits per heavy atom. The second-order valence-corrected chi connectivity index (χ2v) is 8.52. The van der Waals surface area contributed by atoms with Gasteiger partial charge in [-0.05, 0) is 42.5 Å². The molecule has 2 aromatic carbocycles. The molecule has 162 valence electrons. The van der Waals surface area contributed by atoms with Crippen molar-refractivity contribution in [2.45, 2.75) is 38.3 Å². The van der Waals surface area contributed by atoms with Crippen molar-refractivity contribution in [1.29, 1.82) is 0 Å². The summed E-state index contributed by atoms with van der Waals surface area (Å²) >= 11 is 0. The van der Waals surface area contributed by atoms with E-state index in [1.54, 1.807) is 6.33 Å². The number of nitrogens with zero attached hydrogens (tertiary/aromatic N) is 4. The maximum atomic E-state index is 11.1. The Morgan fingerprint density at radius 2 is 1.81 bits per heavy atom. The number of hydrogen-bond donors (Lipinski definition) is 1. The van der Waals surface area contributed by atoms with Gasteiger partial charge < -0.3 is 19.1 Å². The zero-order chi connectivity index (χ0) is 21.5. The van der Waals surface area contributed by atoms with Gasteiger partial charge in [-0.3, -0.25) is 0 Å². The summed E-state index contributed by atoms with van der Waals surface area (Å²) in [4.78, 5) is 14.3. The molecule has 1 saturated carbocycles. The molecule has 1 aliphatic carbocycles. The summed E-state index contributed by atoms with van der Waals surface area (Å²) in [7, 11) is 0. The Labute approximate surface area is 185 Å². The van der Waals surface area contributed by atoms with Gasteiger partial charge in [0.05, 0.1) is 12.9 Å². The smallest absolute Gasteiger partial charge is 0.231 e. The predicted molar refractivity (Wildman–Crippen MR) is 119 cm³/mol. The Morgan fingerprint density at radius 3 is 2.66 bits per heavy atom. The van der Waals surface area contributed by atoms with Gasteiger partial charge >= 0.3 is 0 Å². The highest BCUT2D eigenvalue weighted by atomic mass is 16.7. The minimum absolute atomic E-state index is 0.197. The van der Waals surface area contributed by atoms with E-state index in [2.05, 4.69) is 17.1 Å². The quantitative estimate of drug-likeness (QED) is 0.504. The van der Waals surface area contributed by atoms with E-state index >= 15 is 0 Å². The normalized spacial score (nSPS) is 16.7. The molecule has 2 aliphatic rings. The fraction of sp³-hybridized carbons (Fsp3) is 0.320. The van der Waals surface area contributed by atoms with Crippen LogP contribution in [0.15, 0.2) is 54.9 Å². The van der Waals surface area contributed by atoms with Crippen LogP contribution < -0.4 is 9.47 Å². The highest BCUT2D eigenvalue weighted by Crippen LogP contribution is 2.39. The molecule has 1 unspecified atom stereocenters. The number of ether oxygens (including phenoxy) is 2. The summed E-state index contributed by atoms with van der Waals surface area (Å²) in [5.41, 5.74) is 4.16. The minimum Gasteiger partial charge on any atom is -0.454 e. The Balaban J connectivity index is 1.49. The van der Waals surface area contributed by atoms with E-state index in [-0.39, 0.29) is 12.7 Å². The number of benzene rings is 2. The second-order valence-electron chi connectivity index (χ2n) is 8.52. The first-order valence-corrected chi connectivity index (χ1v) is 11.1. The maximum Gasteiger partial charge on any atom is 0.231 e. The first-order chi connectivity index (χ1) is 15.8. The number of rotatable bonds is 5. The maximum absolute atomic E-state index is 11.1. The van der Waals surface area contributed by atoms with Crippen LogP contribution in [0.3, 0.4) is 0 Å². The van der Waals surface area contributed by atoms with E-state index in [1.165, 1.54) is 0 Å². The molecular weight excluding hydrogens is 404 g/mol. The lowest BCUT2D eigenvalue weighted by Crippen LogP contribution is -2.14. The van der Waals surface area contributed by atoms with Crippen LogP contribution in [0.5, 0.6) is 11.5 Å². The van der Waals surface area contributed by atoms with E-state index in [0.717, 1.165) is 48.2 Å². The third kappa shape index (κ3) is 3.39. The Kier molecular flexibility index (Phi) is 4.76. The first-order valence-electron chi connectivity index (χ1n) is 11.1. The topological polar surface area (TPSA) is 82.3 Å². The molecule has 0 bridgehead atoms. The summed E-state index contributed by atoms with van der Waals surface area (Å²) < 4.78 is 13.1. The molecule has 1 aliphatic heterocycles. The van der Waals surface area contributed by atoms with Gasteiger partial charge in [0.1, 0.15) is 17.3 Å². The zero-order valence-electron chi connectivity index (χ0n) is 17.6. The fourth-order valence-electron chi connectivity index (χ4n) is 4.72. The number of aliphatic hydroxyl groups excluding tert-OH is 1. The molecule has 6 rings (SSSR count). The Hall–Kier alpha value is -3.45. The lowest BCUT2D eigenvalue weighted by Gasteiger charge is -2.17. The van der Waals surface area contributed by atoms with Crippen molar-refractivity contribution in [3.63, 3.8) is 0 Å². The third-order valence-corrected chi connectivity index (χ3v) is 6.43. The molecule has 32 heavy (non-hydrogen) atoms. The third-order valence-electron chi connectivity index (χ3n) is 6.43.